The smallest absolute Gasteiger partial charge is 0.0849 e. The summed E-state index contributed by atoms with van der Waals surface area (Å²) >= 11 is 0. The highest BCUT2D eigenvalue weighted by Crippen LogP contribution is 2.38. The Balaban J connectivity index is 2.07. The molecule has 1 aromatic carbocycles. The summed E-state index contributed by atoms with van der Waals surface area (Å²) in [5.41, 5.74) is 1.10. The average Bonchev–Trinajstić information content (AvgIpc) is 2.53. The Morgan fingerprint density at radius 3 is 2.90 bits per heavy atom. The molecular formula is C18H24N2O. The molecule has 1 fully saturated rings. The molecule has 1 aromatic heterocycles. The number of hydrogen-bond donors (Lipinski definition) is 1. The fourth-order valence-corrected chi connectivity index (χ4v) is 3.41. The van der Waals surface area contributed by atoms with Gasteiger partial charge in [0.2, 0.25) is 0 Å². The first-order chi connectivity index (χ1) is 10.2. The molecule has 2 unspecified atom stereocenters. The topological polar surface area (TPSA) is 34.2 Å². The number of pyridine rings is 1. The van der Waals surface area contributed by atoms with E-state index in [4.69, 9.17) is 4.74 Å². The Morgan fingerprint density at radius 2 is 2.14 bits per heavy atom. The second-order valence-electron chi connectivity index (χ2n) is 6.06. The summed E-state index contributed by atoms with van der Waals surface area (Å²) in [6.45, 7) is 6.17. The standard InChI is InChI=1S/C18H24N2O/c1-3-20-17(18(2)10-6-7-11-21-18)16-13-19-12-14-8-4-5-9-15(14)16/h4-5,8-9,12-13,17,20H,3,6-7,10-11H2,1-2H3. The number of ether oxygens (including phenoxy) is 1. The first-order valence-electron chi connectivity index (χ1n) is 7.94. The molecule has 2 aromatic rings. The number of fused-ring (bicyclic) bond motifs is 1. The van der Waals surface area contributed by atoms with Crippen LogP contribution in [0.15, 0.2) is 36.7 Å². The highest BCUT2D eigenvalue weighted by Gasteiger charge is 2.38. The first kappa shape index (κ1) is 14.5. The quantitative estimate of drug-likeness (QED) is 0.926. The van der Waals surface area contributed by atoms with E-state index < -0.39 is 0 Å². The van der Waals surface area contributed by atoms with E-state index in [0.29, 0.717) is 0 Å². The van der Waals surface area contributed by atoms with Gasteiger partial charge in [-0.2, -0.15) is 0 Å². The van der Waals surface area contributed by atoms with Crippen LogP contribution in [-0.2, 0) is 4.74 Å². The summed E-state index contributed by atoms with van der Waals surface area (Å²) in [6, 6.07) is 8.65. The normalized spacial score (nSPS) is 24.1. The maximum atomic E-state index is 6.19. The van der Waals surface area contributed by atoms with E-state index in [2.05, 4.69) is 48.4 Å². The maximum Gasteiger partial charge on any atom is 0.0849 e. The third-order valence-corrected chi connectivity index (χ3v) is 4.53. The molecule has 0 saturated carbocycles. The van der Waals surface area contributed by atoms with Crippen LogP contribution in [0, 0.1) is 0 Å². The van der Waals surface area contributed by atoms with Crippen molar-refractivity contribution in [3.8, 4) is 0 Å². The first-order valence-corrected chi connectivity index (χ1v) is 7.94. The van der Waals surface area contributed by atoms with E-state index >= 15 is 0 Å². The Labute approximate surface area is 126 Å². The van der Waals surface area contributed by atoms with Crippen LogP contribution >= 0.6 is 0 Å². The van der Waals surface area contributed by atoms with E-state index in [0.717, 1.165) is 19.6 Å². The molecule has 0 amide bonds. The minimum Gasteiger partial charge on any atom is -0.373 e. The molecule has 0 bridgehead atoms. The van der Waals surface area contributed by atoms with Crippen molar-refractivity contribution in [2.75, 3.05) is 13.2 Å². The van der Waals surface area contributed by atoms with Gasteiger partial charge in [-0.25, -0.2) is 0 Å². The van der Waals surface area contributed by atoms with Gasteiger partial charge in [0.25, 0.3) is 0 Å². The van der Waals surface area contributed by atoms with Gasteiger partial charge in [-0.15, -0.1) is 0 Å². The lowest BCUT2D eigenvalue weighted by molar-refractivity contribution is -0.0893. The summed E-state index contributed by atoms with van der Waals surface area (Å²) in [4.78, 5) is 4.45. The van der Waals surface area contributed by atoms with Gasteiger partial charge in [-0.1, -0.05) is 31.2 Å². The van der Waals surface area contributed by atoms with Crippen molar-refractivity contribution in [1.29, 1.82) is 0 Å². The predicted molar refractivity (Wildman–Crippen MR) is 86.4 cm³/mol. The van der Waals surface area contributed by atoms with Crippen molar-refractivity contribution < 1.29 is 4.74 Å². The Morgan fingerprint density at radius 1 is 1.29 bits per heavy atom. The molecular weight excluding hydrogens is 260 g/mol. The van der Waals surface area contributed by atoms with Crippen LogP contribution in [0.1, 0.15) is 44.7 Å². The van der Waals surface area contributed by atoms with E-state index in [1.165, 1.54) is 29.2 Å². The van der Waals surface area contributed by atoms with Crippen LogP contribution < -0.4 is 5.32 Å². The van der Waals surface area contributed by atoms with E-state index in [9.17, 15) is 0 Å². The number of nitrogens with one attached hydrogen (secondary N) is 1. The second kappa shape index (κ2) is 6.12. The van der Waals surface area contributed by atoms with E-state index in [1.807, 2.05) is 12.4 Å². The molecule has 3 heteroatoms. The van der Waals surface area contributed by atoms with Gasteiger partial charge in [-0.05, 0) is 43.7 Å². The molecule has 2 atom stereocenters. The highest BCUT2D eigenvalue weighted by atomic mass is 16.5. The molecule has 3 rings (SSSR count). The van der Waals surface area contributed by atoms with E-state index in [-0.39, 0.29) is 11.6 Å². The van der Waals surface area contributed by atoms with Crippen molar-refractivity contribution in [3.05, 3.63) is 42.2 Å². The molecule has 1 aliphatic rings. The van der Waals surface area contributed by atoms with Gasteiger partial charge in [0.15, 0.2) is 0 Å². The SMILES string of the molecule is CCNC(c1cncc2ccccc12)C1(C)CCCCO1. The van der Waals surface area contributed by atoms with Crippen molar-refractivity contribution in [3.63, 3.8) is 0 Å². The molecule has 1 N–H and O–H groups in total. The van der Waals surface area contributed by atoms with Crippen LogP contribution in [0.3, 0.4) is 0 Å². The summed E-state index contributed by atoms with van der Waals surface area (Å²) in [5, 5.41) is 6.10. The van der Waals surface area contributed by atoms with Gasteiger partial charge in [0.1, 0.15) is 0 Å². The maximum absolute atomic E-state index is 6.19. The number of likely N-dealkylation sites (N-methyl/N-ethyl adjacent to an activating group) is 1. The zero-order valence-corrected chi connectivity index (χ0v) is 12.9. The molecule has 0 aliphatic carbocycles. The van der Waals surface area contributed by atoms with Gasteiger partial charge >= 0.3 is 0 Å². The minimum absolute atomic E-state index is 0.153. The van der Waals surface area contributed by atoms with E-state index in [1.54, 1.807) is 0 Å². The fourth-order valence-electron chi connectivity index (χ4n) is 3.41. The van der Waals surface area contributed by atoms with Crippen molar-refractivity contribution in [2.24, 2.45) is 0 Å². The third-order valence-electron chi connectivity index (χ3n) is 4.53. The van der Waals surface area contributed by atoms with Crippen LogP contribution in [-0.4, -0.2) is 23.7 Å². The van der Waals surface area contributed by atoms with Gasteiger partial charge in [-0.3, -0.25) is 4.98 Å². The van der Waals surface area contributed by atoms with Crippen molar-refractivity contribution in [1.82, 2.24) is 10.3 Å². The molecule has 21 heavy (non-hydrogen) atoms. The van der Waals surface area contributed by atoms with Crippen molar-refractivity contribution in [2.45, 2.75) is 44.8 Å². The zero-order chi connectivity index (χ0) is 14.7. The molecule has 1 saturated heterocycles. The lowest BCUT2D eigenvalue weighted by Crippen LogP contribution is -2.46. The lowest BCUT2D eigenvalue weighted by atomic mass is 9.83. The highest BCUT2D eigenvalue weighted by molar-refractivity contribution is 5.85. The molecule has 2 heterocycles. The Kier molecular flexibility index (Phi) is 4.22. The number of nitrogens with zero attached hydrogens (tertiary/aromatic N) is 1. The van der Waals surface area contributed by atoms with Gasteiger partial charge in [0, 0.05) is 24.4 Å². The Bertz CT molecular complexity index is 600. The van der Waals surface area contributed by atoms with Crippen LogP contribution in [0.2, 0.25) is 0 Å². The number of aromatic nitrogens is 1. The lowest BCUT2D eigenvalue weighted by Gasteiger charge is -2.41. The average molecular weight is 284 g/mol. The largest absolute Gasteiger partial charge is 0.373 e. The third kappa shape index (κ3) is 2.81. The van der Waals surface area contributed by atoms with Crippen LogP contribution in [0.4, 0.5) is 0 Å². The molecule has 0 radical (unpaired) electrons. The van der Waals surface area contributed by atoms with Crippen LogP contribution in [0.25, 0.3) is 10.8 Å². The summed E-state index contributed by atoms with van der Waals surface area (Å²) in [7, 11) is 0. The Hall–Kier alpha value is -1.45. The molecule has 112 valence electrons. The number of hydrogen-bond acceptors (Lipinski definition) is 3. The monoisotopic (exact) mass is 284 g/mol. The zero-order valence-electron chi connectivity index (χ0n) is 12.9. The summed E-state index contributed by atoms with van der Waals surface area (Å²) in [6.07, 6.45) is 7.43. The second-order valence-corrected chi connectivity index (χ2v) is 6.06. The minimum atomic E-state index is -0.153. The van der Waals surface area contributed by atoms with Crippen LogP contribution in [0.5, 0.6) is 0 Å². The molecule has 1 aliphatic heterocycles. The van der Waals surface area contributed by atoms with Gasteiger partial charge < -0.3 is 10.1 Å². The van der Waals surface area contributed by atoms with Gasteiger partial charge in [0.05, 0.1) is 11.6 Å². The molecule has 0 spiro atoms. The number of rotatable bonds is 4. The summed E-state index contributed by atoms with van der Waals surface area (Å²) < 4.78 is 6.19. The fraction of sp³-hybridized carbons (Fsp3) is 0.500. The van der Waals surface area contributed by atoms with Crippen molar-refractivity contribution >= 4 is 10.8 Å². The predicted octanol–water partition coefficient (Wildman–Crippen LogP) is 3.84. The summed E-state index contributed by atoms with van der Waals surface area (Å²) in [5.74, 6) is 0. The molecule has 3 nitrogen and oxygen atoms in total. The number of benzene rings is 1.